The average Bonchev–Trinajstić information content (AvgIpc) is 3.62. The number of thiophene rings is 1. The van der Waals surface area contributed by atoms with Gasteiger partial charge in [0, 0.05) is 25.5 Å². The van der Waals surface area contributed by atoms with Crippen molar-refractivity contribution in [3.8, 4) is 0 Å². The number of amides is 1. The van der Waals surface area contributed by atoms with Crippen molar-refractivity contribution in [3.63, 3.8) is 0 Å². The first-order chi connectivity index (χ1) is 16.0. The van der Waals surface area contributed by atoms with Gasteiger partial charge in [-0.15, -0.1) is 11.3 Å². The number of carbonyl (C=O) groups excluding carboxylic acids is 1. The molecule has 0 saturated carbocycles. The van der Waals surface area contributed by atoms with Crippen LogP contribution >= 0.6 is 23.1 Å². The van der Waals surface area contributed by atoms with Crippen molar-refractivity contribution in [1.29, 1.82) is 0 Å². The van der Waals surface area contributed by atoms with E-state index < -0.39 is 11.0 Å². The fourth-order valence-corrected chi connectivity index (χ4v) is 6.78. The molecule has 2 unspecified atom stereocenters. The number of hydrogen-bond acceptors (Lipinski definition) is 5. The Morgan fingerprint density at radius 2 is 2.03 bits per heavy atom. The second-order valence-electron chi connectivity index (χ2n) is 7.27. The normalized spacial score (nSPS) is 16.2. The molecule has 178 valence electrons. The highest BCUT2D eigenvalue weighted by atomic mass is 32.2. The van der Waals surface area contributed by atoms with E-state index in [0.29, 0.717) is 6.54 Å². The van der Waals surface area contributed by atoms with Crippen molar-refractivity contribution in [1.82, 2.24) is 9.88 Å². The van der Waals surface area contributed by atoms with Crippen LogP contribution in [0.5, 0.6) is 0 Å². The molecule has 6 nitrogen and oxygen atoms in total. The zero-order chi connectivity index (χ0) is 24.0. The Labute approximate surface area is 207 Å². The molecule has 2 atom stereocenters. The van der Waals surface area contributed by atoms with Crippen LogP contribution in [0.25, 0.3) is 10.9 Å². The van der Waals surface area contributed by atoms with Crippen molar-refractivity contribution in [2.75, 3.05) is 31.0 Å². The van der Waals surface area contributed by atoms with E-state index in [-0.39, 0.29) is 11.2 Å². The molecule has 1 aliphatic heterocycles. The smallest absolute Gasteiger partial charge is 0.238 e. The minimum absolute atomic E-state index is 0.163. The molecule has 2 aromatic heterocycles. The van der Waals surface area contributed by atoms with Gasteiger partial charge in [0.1, 0.15) is 14.5 Å². The quantitative estimate of drug-likeness (QED) is 0.438. The molecular weight excluding hydrogens is 472 g/mol. The minimum atomic E-state index is -1.27. The zero-order valence-electron chi connectivity index (χ0n) is 19.8. The van der Waals surface area contributed by atoms with Crippen LogP contribution in [0.4, 0.5) is 5.69 Å². The third-order valence-electron chi connectivity index (χ3n) is 5.24. The maximum absolute atomic E-state index is 12.9. The number of anilines is 1. The number of benzene rings is 1. The summed E-state index contributed by atoms with van der Waals surface area (Å²) in [5, 5.41) is 3.65. The lowest BCUT2D eigenvalue weighted by Crippen LogP contribution is -2.38. The topological polar surface area (TPSA) is 68.8 Å². The molecule has 9 heteroatoms. The van der Waals surface area contributed by atoms with E-state index in [1.54, 1.807) is 4.31 Å². The van der Waals surface area contributed by atoms with Crippen LogP contribution in [0.15, 0.2) is 51.0 Å². The van der Waals surface area contributed by atoms with E-state index in [1.165, 1.54) is 23.1 Å². The number of fused-ring (bicyclic) bond motifs is 1. The summed E-state index contributed by atoms with van der Waals surface area (Å²) in [4.78, 5) is 22.9. The van der Waals surface area contributed by atoms with Crippen molar-refractivity contribution in [3.05, 3.63) is 47.5 Å². The van der Waals surface area contributed by atoms with Gasteiger partial charge in [-0.25, -0.2) is 4.21 Å². The van der Waals surface area contributed by atoms with Crippen LogP contribution in [0.2, 0.25) is 0 Å². The third-order valence-corrected chi connectivity index (χ3v) is 9.00. The molecule has 3 aromatic rings. The maximum atomic E-state index is 12.9. The van der Waals surface area contributed by atoms with Crippen molar-refractivity contribution in [2.24, 2.45) is 4.99 Å². The van der Waals surface area contributed by atoms with Crippen LogP contribution in [-0.4, -0.2) is 57.0 Å². The van der Waals surface area contributed by atoms with E-state index in [1.807, 2.05) is 68.4 Å². The zero-order valence-corrected chi connectivity index (χ0v) is 22.3. The van der Waals surface area contributed by atoms with Crippen molar-refractivity contribution >= 4 is 61.6 Å². The molecule has 0 fully saturated rings. The maximum Gasteiger partial charge on any atom is 0.238 e. The first-order valence-corrected chi connectivity index (χ1v) is 14.2. The summed E-state index contributed by atoms with van der Waals surface area (Å²) >= 11 is 3.02. The third kappa shape index (κ3) is 5.53. The average molecular weight is 505 g/mol. The largest absolute Gasteiger partial charge is 0.351 e. The summed E-state index contributed by atoms with van der Waals surface area (Å²) in [7, 11) is 0.571. The number of H-pyrrole nitrogens is 1. The lowest BCUT2D eigenvalue weighted by atomic mass is 10.2. The van der Waals surface area contributed by atoms with E-state index in [2.05, 4.69) is 23.0 Å². The highest BCUT2D eigenvalue weighted by Gasteiger charge is 2.30. The highest BCUT2D eigenvalue weighted by molar-refractivity contribution is 8.15. The molecule has 1 amide bonds. The van der Waals surface area contributed by atoms with Crippen molar-refractivity contribution < 1.29 is 9.00 Å². The first kappa shape index (κ1) is 25.5. The van der Waals surface area contributed by atoms with Crippen LogP contribution in [0.3, 0.4) is 0 Å². The number of nitrogens with one attached hydrogen (secondary N) is 1. The number of rotatable bonds is 8. The minimum Gasteiger partial charge on any atom is -0.351 e. The Bertz CT molecular complexity index is 1120. The van der Waals surface area contributed by atoms with E-state index in [4.69, 9.17) is 0 Å². The van der Waals surface area contributed by atoms with Crippen LogP contribution < -0.4 is 4.31 Å². The molecule has 0 bridgehead atoms. The van der Waals surface area contributed by atoms with Gasteiger partial charge in [-0.2, -0.15) is 0 Å². The summed E-state index contributed by atoms with van der Waals surface area (Å²) in [5.74, 6) is 0.163. The Balaban J connectivity index is 0.00000149. The lowest BCUT2D eigenvalue weighted by Gasteiger charge is -2.22. The summed E-state index contributed by atoms with van der Waals surface area (Å²) < 4.78 is 15.5. The number of carbonyl (C=O) groups is 1. The summed E-state index contributed by atoms with van der Waals surface area (Å²) in [5.41, 5.74) is 2.69. The van der Waals surface area contributed by atoms with Gasteiger partial charge in [-0.3, -0.25) is 14.1 Å². The van der Waals surface area contributed by atoms with Crippen LogP contribution in [0, 0.1) is 0 Å². The molecule has 33 heavy (non-hydrogen) atoms. The number of nitrogens with zero attached hydrogens (tertiary/aromatic N) is 3. The highest BCUT2D eigenvalue weighted by Crippen LogP contribution is 2.33. The van der Waals surface area contributed by atoms with Gasteiger partial charge < -0.3 is 9.88 Å². The fraction of sp³-hybridized carbons (Fsp3) is 0.417. The van der Waals surface area contributed by atoms with Crippen molar-refractivity contribution in [2.45, 2.75) is 43.6 Å². The number of aliphatic imine (C=N–C) groups is 1. The van der Waals surface area contributed by atoms with E-state index >= 15 is 0 Å². The van der Waals surface area contributed by atoms with Gasteiger partial charge in [0.15, 0.2) is 11.0 Å². The Hall–Kier alpha value is -2.10. The summed E-state index contributed by atoms with van der Waals surface area (Å²) in [6.07, 6.45) is 0.954. The van der Waals surface area contributed by atoms with Gasteiger partial charge in [0.05, 0.1) is 23.4 Å². The standard InChI is InChI=1S/C22H26N4O2S3.C2H6/c1-4-11-26(5-2)22(27)18-14-23-21(30-18)16-13-15-8-6-9-17(20(15)24-16)25(3)31(28)19-10-7-12-29-19;1-2/h6-10,12-13,18,24H,4-5,11,14H2,1-3H3;1-2H3. The molecule has 0 spiro atoms. The molecule has 0 radical (unpaired) electrons. The number of aromatic amines is 1. The Kier molecular flexibility index (Phi) is 9.17. The fourth-order valence-electron chi connectivity index (χ4n) is 3.65. The molecule has 1 N–H and O–H groups in total. The van der Waals surface area contributed by atoms with Gasteiger partial charge in [0.25, 0.3) is 0 Å². The summed E-state index contributed by atoms with van der Waals surface area (Å²) in [6.45, 7) is 10.1. The summed E-state index contributed by atoms with van der Waals surface area (Å²) in [6, 6.07) is 11.8. The number of aromatic nitrogens is 1. The van der Waals surface area contributed by atoms with Gasteiger partial charge in [-0.1, -0.05) is 50.7 Å². The number of hydrogen-bond donors (Lipinski definition) is 1. The lowest BCUT2D eigenvalue weighted by molar-refractivity contribution is -0.130. The first-order valence-electron chi connectivity index (χ1n) is 11.3. The van der Waals surface area contributed by atoms with Crippen LogP contribution in [0.1, 0.15) is 39.8 Å². The Morgan fingerprint density at radius 1 is 1.24 bits per heavy atom. The molecule has 0 saturated heterocycles. The molecule has 1 aromatic carbocycles. The van der Waals surface area contributed by atoms with Gasteiger partial charge >= 0.3 is 0 Å². The van der Waals surface area contributed by atoms with E-state index in [9.17, 15) is 9.00 Å². The monoisotopic (exact) mass is 504 g/mol. The number of thioether (sulfide) groups is 1. The number of para-hydroxylation sites is 1. The Morgan fingerprint density at radius 3 is 2.70 bits per heavy atom. The van der Waals surface area contributed by atoms with E-state index in [0.717, 1.165) is 51.0 Å². The SMILES string of the molecule is CC.CCCN(CC)C(=O)C1CN=C(c2cc3cccc(N(C)S(=O)c4cccs4)c3[nH]2)S1. The van der Waals surface area contributed by atoms with Gasteiger partial charge in [-0.05, 0) is 36.9 Å². The molecule has 3 heterocycles. The molecule has 4 rings (SSSR count). The van der Waals surface area contributed by atoms with Gasteiger partial charge in [0.2, 0.25) is 5.91 Å². The second kappa shape index (κ2) is 11.9. The molecular formula is C24H32N4O2S3. The molecule has 1 aliphatic rings. The predicted molar refractivity (Wildman–Crippen MR) is 144 cm³/mol. The predicted octanol–water partition coefficient (Wildman–Crippen LogP) is 5.54. The molecule has 0 aliphatic carbocycles. The second-order valence-corrected chi connectivity index (χ2v) is 11.2. The van der Waals surface area contributed by atoms with Crippen LogP contribution in [-0.2, 0) is 15.8 Å².